The third kappa shape index (κ3) is 4.05. The van der Waals surface area contributed by atoms with Crippen molar-refractivity contribution in [3.05, 3.63) is 20.8 Å². The van der Waals surface area contributed by atoms with Gasteiger partial charge < -0.3 is 5.32 Å². The van der Waals surface area contributed by atoms with E-state index in [9.17, 15) is 0 Å². The molecule has 0 aromatic carbocycles. The second-order valence-corrected chi connectivity index (χ2v) is 7.22. The molecule has 1 N–H and O–H groups in total. The van der Waals surface area contributed by atoms with E-state index in [0.29, 0.717) is 0 Å². The largest absolute Gasteiger partial charge is 0.315 e. The Labute approximate surface area is 117 Å². The van der Waals surface area contributed by atoms with Gasteiger partial charge in [0.25, 0.3) is 0 Å². The Bertz CT molecular complexity index is 334. The molecule has 96 valence electrons. The lowest BCUT2D eigenvalue weighted by atomic mass is 10.1. The van der Waals surface area contributed by atoms with Gasteiger partial charge in [-0.25, -0.2) is 0 Å². The van der Waals surface area contributed by atoms with Gasteiger partial charge in [0.2, 0.25) is 0 Å². The summed E-state index contributed by atoms with van der Waals surface area (Å²) in [6.45, 7) is 6.94. The highest BCUT2D eigenvalue weighted by Gasteiger charge is 2.20. The lowest BCUT2D eigenvalue weighted by molar-refractivity contribution is 0.159. The van der Waals surface area contributed by atoms with Crippen LogP contribution in [0.4, 0.5) is 0 Å². The molecule has 0 radical (unpaired) electrons. The van der Waals surface area contributed by atoms with Gasteiger partial charge in [-0.3, -0.25) is 4.90 Å². The summed E-state index contributed by atoms with van der Waals surface area (Å²) in [6.07, 6.45) is 3.90. The SMILES string of the molecule is CCCN(Cc1ccc(Br)s1)C1CCCNC1. The number of hydrogen-bond acceptors (Lipinski definition) is 3. The molecule has 0 aliphatic carbocycles. The summed E-state index contributed by atoms with van der Waals surface area (Å²) in [6, 6.07) is 5.13. The number of nitrogens with one attached hydrogen (secondary N) is 1. The molecule has 1 unspecified atom stereocenters. The Kier molecular flexibility index (Phi) is 5.48. The molecule has 2 nitrogen and oxygen atoms in total. The summed E-state index contributed by atoms with van der Waals surface area (Å²) in [5.74, 6) is 0. The van der Waals surface area contributed by atoms with Crippen molar-refractivity contribution in [3.8, 4) is 0 Å². The monoisotopic (exact) mass is 316 g/mol. The van der Waals surface area contributed by atoms with Crippen molar-refractivity contribution >= 4 is 27.3 Å². The van der Waals surface area contributed by atoms with Gasteiger partial charge in [-0.2, -0.15) is 0 Å². The molecule has 0 bridgehead atoms. The molecule has 1 saturated heterocycles. The first-order valence-corrected chi connectivity index (χ1v) is 8.09. The Morgan fingerprint density at radius 2 is 2.41 bits per heavy atom. The predicted octanol–water partition coefficient (Wildman–Crippen LogP) is 3.47. The summed E-state index contributed by atoms with van der Waals surface area (Å²) < 4.78 is 1.24. The van der Waals surface area contributed by atoms with E-state index >= 15 is 0 Å². The van der Waals surface area contributed by atoms with Crippen molar-refractivity contribution in [1.82, 2.24) is 10.2 Å². The smallest absolute Gasteiger partial charge is 0.0701 e. The number of nitrogens with zero attached hydrogens (tertiary/aromatic N) is 1. The third-order valence-corrected chi connectivity index (χ3v) is 4.89. The fourth-order valence-electron chi connectivity index (χ4n) is 2.46. The molecule has 1 atom stereocenters. The zero-order valence-corrected chi connectivity index (χ0v) is 12.8. The second-order valence-electron chi connectivity index (χ2n) is 4.68. The van der Waals surface area contributed by atoms with Crippen LogP contribution >= 0.6 is 27.3 Å². The van der Waals surface area contributed by atoms with Crippen molar-refractivity contribution in [2.45, 2.75) is 38.8 Å². The van der Waals surface area contributed by atoms with Crippen LogP contribution in [0.25, 0.3) is 0 Å². The minimum absolute atomic E-state index is 0.726. The average molecular weight is 317 g/mol. The van der Waals surface area contributed by atoms with E-state index < -0.39 is 0 Å². The average Bonchev–Trinajstić information content (AvgIpc) is 2.75. The van der Waals surface area contributed by atoms with Crippen LogP contribution in [0.15, 0.2) is 15.9 Å². The standard InChI is InChI=1S/C13H21BrN2S/c1-2-8-16(11-4-3-7-15-9-11)10-12-5-6-13(14)17-12/h5-6,11,15H,2-4,7-10H2,1H3. The van der Waals surface area contributed by atoms with Crippen molar-refractivity contribution in [2.24, 2.45) is 0 Å². The van der Waals surface area contributed by atoms with Crippen molar-refractivity contribution in [3.63, 3.8) is 0 Å². The van der Waals surface area contributed by atoms with Gasteiger partial charge in [-0.05, 0) is 60.4 Å². The summed E-state index contributed by atoms with van der Waals surface area (Å²) in [4.78, 5) is 4.11. The summed E-state index contributed by atoms with van der Waals surface area (Å²) in [5, 5.41) is 3.52. The van der Waals surface area contributed by atoms with Gasteiger partial charge in [0.1, 0.15) is 0 Å². The Morgan fingerprint density at radius 3 is 3.00 bits per heavy atom. The van der Waals surface area contributed by atoms with E-state index in [-0.39, 0.29) is 0 Å². The molecule has 2 rings (SSSR count). The summed E-state index contributed by atoms with van der Waals surface area (Å²) in [7, 11) is 0. The predicted molar refractivity (Wildman–Crippen MR) is 78.6 cm³/mol. The fourth-order valence-corrected chi connectivity index (χ4v) is 3.97. The number of halogens is 1. The highest BCUT2D eigenvalue weighted by Crippen LogP contribution is 2.24. The molecule has 17 heavy (non-hydrogen) atoms. The Balaban J connectivity index is 1.95. The molecule has 1 aromatic rings. The van der Waals surface area contributed by atoms with Crippen LogP contribution in [0.1, 0.15) is 31.1 Å². The minimum Gasteiger partial charge on any atom is -0.315 e. The van der Waals surface area contributed by atoms with Gasteiger partial charge in [-0.15, -0.1) is 11.3 Å². The molecule has 4 heteroatoms. The molecule has 1 aromatic heterocycles. The van der Waals surface area contributed by atoms with Crippen LogP contribution in [0.5, 0.6) is 0 Å². The van der Waals surface area contributed by atoms with E-state index in [1.54, 1.807) is 0 Å². The van der Waals surface area contributed by atoms with Crippen LogP contribution in [0.2, 0.25) is 0 Å². The molecule has 0 amide bonds. The molecule has 1 aliphatic heterocycles. The Morgan fingerprint density at radius 1 is 1.53 bits per heavy atom. The van der Waals surface area contributed by atoms with E-state index in [4.69, 9.17) is 0 Å². The molecule has 2 heterocycles. The Hall–Kier alpha value is 0.1000. The van der Waals surface area contributed by atoms with Crippen molar-refractivity contribution in [2.75, 3.05) is 19.6 Å². The second kappa shape index (κ2) is 6.88. The maximum Gasteiger partial charge on any atom is 0.0701 e. The van der Waals surface area contributed by atoms with Gasteiger partial charge >= 0.3 is 0 Å². The lowest BCUT2D eigenvalue weighted by Crippen LogP contribution is -2.45. The summed E-state index contributed by atoms with van der Waals surface area (Å²) >= 11 is 5.41. The van der Waals surface area contributed by atoms with Crippen LogP contribution in [-0.2, 0) is 6.54 Å². The maximum absolute atomic E-state index is 3.54. The van der Waals surface area contributed by atoms with E-state index in [1.807, 2.05) is 11.3 Å². The minimum atomic E-state index is 0.726. The third-order valence-electron chi connectivity index (χ3n) is 3.29. The van der Waals surface area contributed by atoms with Crippen LogP contribution in [-0.4, -0.2) is 30.6 Å². The fraction of sp³-hybridized carbons (Fsp3) is 0.692. The van der Waals surface area contributed by atoms with Gasteiger partial charge in [0.15, 0.2) is 0 Å². The van der Waals surface area contributed by atoms with Gasteiger partial charge in [0, 0.05) is 24.0 Å². The molecule has 0 spiro atoms. The molecular weight excluding hydrogens is 296 g/mol. The topological polar surface area (TPSA) is 15.3 Å². The maximum atomic E-state index is 3.54. The number of rotatable bonds is 5. The van der Waals surface area contributed by atoms with E-state index in [1.165, 1.54) is 41.0 Å². The number of piperidine rings is 1. The zero-order chi connectivity index (χ0) is 12.1. The normalized spacial score (nSPS) is 21.0. The van der Waals surface area contributed by atoms with Crippen LogP contribution < -0.4 is 5.32 Å². The quantitative estimate of drug-likeness (QED) is 0.894. The molecule has 1 aliphatic rings. The summed E-state index contributed by atoms with van der Waals surface area (Å²) in [5.41, 5.74) is 0. The highest BCUT2D eigenvalue weighted by atomic mass is 79.9. The van der Waals surface area contributed by atoms with Gasteiger partial charge in [0.05, 0.1) is 3.79 Å². The first-order valence-electron chi connectivity index (χ1n) is 6.48. The van der Waals surface area contributed by atoms with Crippen LogP contribution in [0.3, 0.4) is 0 Å². The first kappa shape index (κ1) is 13.5. The van der Waals surface area contributed by atoms with Crippen LogP contribution in [0, 0.1) is 0 Å². The zero-order valence-electron chi connectivity index (χ0n) is 10.4. The number of thiophene rings is 1. The van der Waals surface area contributed by atoms with E-state index in [2.05, 4.69) is 45.2 Å². The highest BCUT2D eigenvalue weighted by molar-refractivity contribution is 9.11. The molecule has 1 fully saturated rings. The number of hydrogen-bond donors (Lipinski definition) is 1. The molecular formula is C13H21BrN2S. The van der Waals surface area contributed by atoms with Gasteiger partial charge in [-0.1, -0.05) is 6.92 Å². The van der Waals surface area contributed by atoms with Crippen molar-refractivity contribution < 1.29 is 0 Å². The first-order chi connectivity index (χ1) is 8.29. The lowest BCUT2D eigenvalue weighted by Gasteiger charge is -2.34. The van der Waals surface area contributed by atoms with E-state index in [0.717, 1.165) is 19.1 Å². The van der Waals surface area contributed by atoms with Crippen molar-refractivity contribution in [1.29, 1.82) is 0 Å². The molecule has 0 saturated carbocycles.